The second kappa shape index (κ2) is 6.69. The molecule has 0 bridgehead atoms. The van der Waals surface area contributed by atoms with Gasteiger partial charge < -0.3 is 14.8 Å². The zero-order valence-electron chi connectivity index (χ0n) is 15.9. The molecule has 0 spiro atoms. The number of nitrogens with one attached hydrogen (secondary N) is 1. The van der Waals surface area contributed by atoms with Crippen LogP contribution >= 0.6 is 12.2 Å². The molecule has 1 saturated carbocycles. The molecule has 138 valence electrons. The van der Waals surface area contributed by atoms with Crippen LogP contribution in [0.3, 0.4) is 0 Å². The molecule has 0 radical (unpaired) electrons. The largest absolute Gasteiger partial charge is 0.352 e. The number of thiocarbonyl (C=S) groups is 1. The molecule has 1 N–H and O–H groups in total. The average Bonchev–Trinajstić information content (AvgIpc) is 3.33. The lowest BCUT2D eigenvalue weighted by Gasteiger charge is -2.32. The van der Waals surface area contributed by atoms with Gasteiger partial charge in [0, 0.05) is 30.2 Å². The fourth-order valence-electron chi connectivity index (χ4n) is 4.30. The molecule has 4 nitrogen and oxygen atoms in total. The van der Waals surface area contributed by atoms with Crippen LogP contribution in [0, 0.1) is 0 Å². The average molecular weight is 369 g/mol. The van der Waals surface area contributed by atoms with Crippen molar-refractivity contribution in [3.8, 4) is 0 Å². The van der Waals surface area contributed by atoms with Gasteiger partial charge in [-0.2, -0.15) is 0 Å². The fourth-order valence-corrected chi connectivity index (χ4v) is 4.69. The predicted molar refractivity (Wildman–Crippen MR) is 109 cm³/mol. The van der Waals surface area contributed by atoms with Crippen molar-refractivity contribution in [3.63, 3.8) is 0 Å². The Morgan fingerprint density at radius 3 is 2.54 bits per heavy atom. The van der Waals surface area contributed by atoms with Crippen LogP contribution in [0.25, 0.3) is 0 Å². The van der Waals surface area contributed by atoms with E-state index in [2.05, 4.69) is 71.1 Å². The molecule has 26 heavy (non-hydrogen) atoms. The highest BCUT2D eigenvalue weighted by Gasteiger charge is 2.43. The molecule has 0 aromatic carbocycles. The summed E-state index contributed by atoms with van der Waals surface area (Å²) in [5.74, 6) is 0. The van der Waals surface area contributed by atoms with Crippen LogP contribution in [0.2, 0.25) is 0 Å². The Hall–Kier alpha value is -1.88. The number of rotatable bonds is 3. The first kappa shape index (κ1) is 17.5. The molecule has 4 rings (SSSR count). The molecular weight excluding hydrogens is 340 g/mol. The molecule has 2 fully saturated rings. The van der Waals surface area contributed by atoms with Crippen molar-refractivity contribution in [1.29, 1.82) is 0 Å². The minimum Gasteiger partial charge on any atom is -0.352 e. The summed E-state index contributed by atoms with van der Waals surface area (Å²) in [4.78, 5) is 7.09. The van der Waals surface area contributed by atoms with Gasteiger partial charge in [0.15, 0.2) is 5.11 Å². The topological polar surface area (TPSA) is 33.1 Å². The Bertz CT molecular complexity index is 771. The summed E-state index contributed by atoms with van der Waals surface area (Å²) in [6.07, 6.45) is 11.4. The van der Waals surface area contributed by atoms with Crippen molar-refractivity contribution >= 4 is 17.3 Å². The summed E-state index contributed by atoms with van der Waals surface area (Å²) in [6.45, 7) is 6.71. The second-order valence-corrected chi connectivity index (χ2v) is 8.88. The maximum absolute atomic E-state index is 5.79. The van der Waals surface area contributed by atoms with Crippen molar-refractivity contribution in [2.45, 2.75) is 70.1 Å². The monoisotopic (exact) mass is 368 g/mol. The van der Waals surface area contributed by atoms with Crippen molar-refractivity contribution in [3.05, 3.63) is 54.1 Å². The highest BCUT2D eigenvalue weighted by Crippen LogP contribution is 2.43. The zero-order chi connectivity index (χ0) is 18.3. The van der Waals surface area contributed by atoms with Crippen molar-refractivity contribution in [2.75, 3.05) is 0 Å². The lowest BCUT2D eigenvalue weighted by molar-refractivity contribution is 0.245. The highest BCUT2D eigenvalue weighted by atomic mass is 32.1. The van der Waals surface area contributed by atoms with Crippen LogP contribution in [-0.4, -0.2) is 25.6 Å². The standard InChI is InChI=1S/C21H28N4S/c1-21(2,3)24-13-11-15(14-24)19-18(17-10-6-7-12-22-17)23-20(26)25(19)16-8-4-5-9-16/h6-7,10-14,16,18-19H,4-5,8-9H2,1-3H3,(H,23,26)/t18-,19+/m0/s1. The normalized spacial score (nSPS) is 24.3. The molecule has 1 saturated heterocycles. The number of nitrogens with zero attached hydrogens (tertiary/aromatic N) is 3. The lowest BCUT2D eigenvalue weighted by atomic mass is 9.97. The van der Waals surface area contributed by atoms with Gasteiger partial charge in [-0.25, -0.2) is 0 Å². The Morgan fingerprint density at radius 1 is 1.15 bits per heavy atom. The highest BCUT2D eigenvalue weighted by molar-refractivity contribution is 7.80. The van der Waals surface area contributed by atoms with Crippen LogP contribution in [0.4, 0.5) is 0 Å². The number of hydrogen-bond acceptors (Lipinski definition) is 2. The quantitative estimate of drug-likeness (QED) is 0.806. The predicted octanol–water partition coefficient (Wildman–Crippen LogP) is 4.55. The van der Waals surface area contributed by atoms with E-state index in [4.69, 9.17) is 12.2 Å². The molecule has 3 heterocycles. The van der Waals surface area contributed by atoms with E-state index in [1.165, 1.54) is 31.2 Å². The van der Waals surface area contributed by atoms with E-state index < -0.39 is 0 Å². The number of pyridine rings is 1. The summed E-state index contributed by atoms with van der Waals surface area (Å²) in [5, 5.41) is 4.46. The smallest absolute Gasteiger partial charge is 0.170 e. The maximum atomic E-state index is 5.79. The first-order valence-corrected chi connectivity index (χ1v) is 10.0. The van der Waals surface area contributed by atoms with E-state index in [1.807, 2.05) is 12.3 Å². The Morgan fingerprint density at radius 2 is 1.92 bits per heavy atom. The van der Waals surface area contributed by atoms with Gasteiger partial charge in [-0.05, 0) is 69.6 Å². The molecule has 2 atom stereocenters. The summed E-state index contributed by atoms with van der Waals surface area (Å²) in [5.41, 5.74) is 2.45. The summed E-state index contributed by atoms with van der Waals surface area (Å²) in [6, 6.07) is 9.21. The first-order chi connectivity index (χ1) is 12.4. The summed E-state index contributed by atoms with van der Waals surface area (Å²) < 4.78 is 2.30. The van der Waals surface area contributed by atoms with Gasteiger partial charge in [-0.1, -0.05) is 18.9 Å². The third-order valence-corrected chi connectivity index (χ3v) is 6.01. The summed E-state index contributed by atoms with van der Waals surface area (Å²) in [7, 11) is 0. The molecular formula is C21H28N4S. The van der Waals surface area contributed by atoms with E-state index in [9.17, 15) is 0 Å². The molecule has 1 aliphatic carbocycles. The fraction of sp³-hybridized carbons (Fsp3) is 0.524. The maximum Gasteiger partial charge on any atom is 0.170 e. The van der Waals surface area contributed by atoms with Crippen molar-refractivity contribution in [1.82, 2.24) is 19.8 Å². The third-order valence-electron chi connectivity index (χ3n) is 5.69. The Labute approximate surface area is 161 Å². The van der Waals surface area contributed by atoms with Gasteiger partial charge in [0.2, 0.25) is 0 Å². The van der Waals surface area contributed by atoms with E-state index in [-0.39, 0.29) is 17.6 Å². The molecule has 1 aliphatic heterocycles. The van der Waals surface area contributed by atoms with Gasteiger partial charge in [0.1, 0.15) is 0 Å². The molecule has 5 heteroatoms. The van der Waals surface area contributed by atoms with Crippen molar-refractivity contribution in [2.24, 2.45) is 0 Å². The minimum absolute atomic E-state index is 0.0729. The van der Waals surface area contributed by atoms with Gasteiger partial charge in [-0.3, -0.25) is 4.98 Å². The zero-order valence-corrected chi connectivity index (χ0v) is 16.7. The van der Waals surface area contributed by atoms with Crippen molar-refractivity contribution < 1.29 is 0 Å². The van der Waals surface area contributed by atoms with Crippen LogP contribution in [0.5, 0.6) is 0 Å². The number of hydrogen-bond donors (Lipinski definition) is 1. The molecule has 2 aromatic rings. The van der Waals surface area contributed by atoms with Crippen LogP contribution < -0.4 is 5.32 Å². The van der Waals surface area contributed by atoms with Gasteiger partial charge in [-0.15, -0.1) is 0 Å². The number of aromatic nitrogens is 2. The van der Waals surface area contributed by atoms with Gasteiger partial charge in [0.05, 0.1) is 17.8 Å². The van der Waals surface area contributed by atoms with Crippen LogP contribution in [0.1, 0.15) is 69.8 Å². The third kappa shape index (κ3) is 3.13. The van der Waals surface area contributed by atoms with E-state index in [1.54, 1.807) is 0 Å². The van der Waals surface area contributed by atoms with E-state index in [0.29, 0.717) is 6.04 Å². The first-order valence-electron chi connectivity index (χ1n) is 9.63. The molecule has 2 aromatic heterocycles. The lowest BCUT2D eigenvalue weighted by Crippen LogP contribution is -2.37. The molecule has 2 aliphatic rings. The Kier molecular flexibility index (Phi) is 4.51. The second-order valence-electron chi connectivity index (χ2n) is 8.50. The minimum atomic E-state index is 0.0729. The van der Waals surface area contributed by atoms with Gasteiger partial charge >= 0.3 is 0 Å². The van der Waals surface area contributed by atoms with Crippen LogP contribution in [0.15, 0.2) is 42.9 Å². The van der Waals surface area contributed by atoms with E-state index >= 15 is 0 Å². The van der Waals surface area contributed by atoms with Gasteiger partial charge in [0.25, 0.3) is 0 Å². The Balaban J connectivity index is 1.75. The molecule has 0 unspecified atom stereocenters. The van der Waals surface area contributed by atoms with Crippen LogP contribution in [-0.2, 0) is 5.54 Å². The SMILES string of the molecule is CC(C)(C)n1ccc([C@@H]2[C@H](c3ccccn3)NC(=S)N2C2CCCC2)c1. The van der Waals surface area contributed by atoms with E-state index in [0.717, 1.165) is 10.8 Å². The molecule has 0 amide bonds. The summed E-state index contributed by atoms with van der Waals surface area (Å²) >= 11 is 5.79.